The van der Waals surface area contributed by atoms with E-state index in [1.165, 1.54) is 12.1 Å². The highest BCUT2D eigenvalue weighted by Gasteiger charge is 2.19. The molecule has 1 saturated heterocycles. The van der Waals surface area contributed by atoms with E-state index in [9.17, 15) is 4.39 Å². The smallest absolute Gasteiger partial charge is 0.257 e. The van der Waals surface area contributed by atoms with E-state index in [-0.39, 0.29) is 5.82 Å². The summed E-state index contributed by atoms with van der Waals surface area (Å²) in [5.74, 6) is 1.77. The second-order valence-electron chi connectivity index (χ2n) is 6.48. The number of benzene rings is 2. The van der Waals surface area contributed by atoms with Crippen LogP contribution >= 0.6 is 0 Å². The van der Waals surface area contributed by atoms with Gasteiger partial charge in [-0.1, -0.05) is 5.16 Å². The van der Waals surface area contributed by atoms with Crippen LogP contribution in [0.3, 0.4) is 0 Å². The van der Waals surface area contributed by atoms with E-state index in [4.69, 9.17) is 9.26 Å². The molecule has 2 heterocycles. The fourth-order valence-electron chi connectivity index (χ4n) is 3.19. The van der Waals surface area contributed by atoms with Crippen molar-refractivity contribution in [3.63, 3.8) is 0 Å². The minimum absolute atomic E-state index is 0.206. The summed E-state index contributed by atoms with van der Waals surface area (Å²) in [7, 11) is 1.63. The van der Waals surface area contributed by atoms with Gasteiger partial charge in [0.15, 0.2) is 5.82 Å². The molecule has 0 unspecified atom stereocenters. The molecule has 1 aliphatic heterocycles. The number of piperazine rings is 1. The number of hydrogen-bond donors (Lipinski definition) is 0. The van der Waals surface area contributed by atoms with E-state index in [1.54, 1.807) is 7.11 Å². The Morgan fingerprint density at radius 2 is 1.70 bits per heavy atom. The molecule has 27 heavy (non-hydrogen) atoms. The third-order valence-corrected chi connectivity index (χ3v) is 4.73. The molecule has 0 saturated carbocycles. The molecule has 1 aliphatic rings. The number of methoxy groups -OCH3 is 1. The van der Waals surface area contributed by atoms with Crippen LogP contribution in [-0.2, 0) is 6.54 Å². The molecular formula is C20H21FN4O2. The maximum absolute atomic E-state index is 13.1. The Morgan fingerprint density at radius 1 is 1.00 bits per heavy atom. The second-order valence-corrected chi connectivity index (χ2v) is 6.48. The number of halogens is 1. The van der Waals surface area contributed by atoms with Crippen LogP contribution in [0.4, 0.5) is 10.1 Å². The van der Waals surface area contributed by atoms with Crippen molar-refractivity contribution in [2.45, 2.75) is 6.54 Å². The van der Waals surface area contributed by atoms with Crippen LogP contribution in [-0.4, -0.2) is 48.3 Å². The Morgan fingerprint density at radius 3 is 2.37 bits per heavy atom. The van der Waals surface area contributed by atoms with Crippen LogP contribution < -0.4 is 9.64 Å². The molecule has 0 aliphatic carbocycles. The summed E-state index contributed by atoms with van der Waals surface area (Å²) in [5.41, 5.74) is 1.92. The van der Waals surface area contributed by atoms with Crippen LogP contribution in [0.15, 0.2) is 53.1 Å². The fraction of sp³-hybridized carbons (Fsp3) is 0.300. The van der Waals surface area contributed by atoms with Crippen molar-refractivity contribution in [3.05, 3.63) is 60.2 Å². The maximum atomic E-state index is 13.1. The van der Waals surface area contributed by atoms with E-state index in [2.05, 4.69) is 19.9 Å². The third kappa shape index (κ3) is 4.09. The lowest BCUT2D eigenvalue weighted by atomic mass is 10.2. The van der Waals surface area contributed by atoms with Crippen LogP contribution in [0.1, 0.15) is 5.82 Å². The number of anilines is 1. The van der Waals surface area contributed by atoms with Gasteiger partial charge in [-0.3, -0.25) is 4.90 Å². The van der Waals surface area contributed by atoms with Crippen LogP contribution in [0.2, 0.25) is 0 Å². The first kappa shape index (κ1) is 17.5. The summed E-state index contributed by atoms with van der Waals surface area (Å²) in [6.45, 7) is 4.20. The Bertz CT molecular complexity index is 872. The predicted molar refractivity (Wildman–Crippen MR) is 100 cm³/mol. The summed E-state index contributed by atoms with van der Waals surface area (Å²) in [4.78, 5) is 9.05. The van der Waals surface area contributed by atoms with Gasteiger partial charge in [0.25, 0.3) is 5.89 Å². The molecule has 4 rings (SSSR count). The average molecular weight is 368 g/mol. The maximum Gasteiger partial charge on any atom is 0.257 e. The quantitative estimate of drug-likeness (QED) is 0.689. The first-order valence-electron chi connectivity index (χ1n) is 8.91. The van der Waals surface area contributed by atoms with Crippen LogP contribution in [0.25, 0.3) is 11.5 Å². The Hall–Kier alpha value is -2.93. The van der Waals surface area contributed by atoms with E-state index in [0.717, 1.165) is 43.2 Å². The lowest BCUT2D eigenvalue weighted by Gasteiger charge is -2.35. The molecule has 3 aromatic rings. The minimum Gasteiger partial charge on any atom is -0.497 e. The van der Waals surface area contributed by atoms with Gasteiger partial charge in [0, 0.05) is 37.4 Å². The molecule has 0 radical (unpaired) electrons. The van der Waals surface area contributed by atoms with Gasteiger partial charge < -0.3 is 14.2 Å². The van der Waals surface area contributed by atoms with E-state index < -0.39 is 0 Å². The van der Waals surface area contributed by atoms with Crippen LogP contribution in [0, 0.1) is 5.82 Å². The van der Waals surface area contributed by atoms with E-state index in [1.807, 2.05) is 36.4 Å². The molecular weight excluding hydrogens is 347 g/mol. The van der Waals surface area contributed by atoms with Gasteiger partial charge in [-0.05, 0) is 48.5 Å². The highest BCUT2D eigenvalue weighted by molar-refractivity contribution is 5.54. The summed E-state index contributed by atoms with van der Waals surface area (Å²) in [6, 6.07) is 14.2. The zero-order valence-corrected chi connectivity index (χ0v) is 15.1. The number of aromatic nitrogens is 2. The fourth-order valence-corrected chi connectivity index (χ4v) is 3.19. The predicted octanol–water partition coefficient (Wildman–Crippen LogP) is 3.21. The van der Waals surface area contributed by atoms with E-state index in [0.29, 0.717) is 18.3 Å². The molecule has 7 heteroatoms. The topological polar surface area (TPSA) is 54.6 Å². The molecule has 0 spiro atoms. The van der Waals surface area contributed by atoms with Gasteiger partial charge in [0.05, 0.1) is 13.7 Å². The van der Waals surface area contributed by atoms with Crippen molar-refractivity contribution >= 4 is 5.69 Å². The average Bonchev–Trinajstić information content (AvgIpc) is 3.18. The van der Waals surface area contributed by atoms with Crippen molar-refractivity contribution in [3.8, 4) is 17.2 Å². The summed E-state index contributed by atoms with van der Waals surface area (Å²) in [5, 5.41) is 4.10. The van der Waals surface area contributed by atoms with Crippen molar-refractivity contribution < 1.29 is 13.7 Å². The van der Waals surface area contributed by atoms with Crippen LogP contribution in [0.5, 0.6) is 5.75 Å². The number of ether oxygens (including phenoxy) is 1. The second kappa shape index (κ2) is 7.75. The van der Waals surface area contributed by atoms with Gasteiger partial charge in [-0.25, -0.2) is 4.39 Å². The monoisotopic (exact) mass is 368 g/mol. The van der Waals surface area contributed by atoms with Crippen molar-refractivity contribution in [2.75, 3.05) is 38.2 Å². The molecule has 2 aromatic carbocycles. The summed E-state index contributed by atoms with van der Waals surface area (Å²) >= 11 is 0. The van der Waals surface area contributed by atoms with Gasteiger partial charge in [0.1, 0.15) is 11.6 Å². The van der Waals surface area contributed by atoms with Gasteiger partial charge in [0.2, 0.25) is 0 Å². The summed E-state index contributed by atoms with van der Waals surface area (Å²) < 4.78 is 23.6. The number of rotatable bonds is 5. The van der Waals surface area contributed by atoms with E-state index >= 15 is 0 Å². The molecule has 1 aromatic heterocycles. The van der Waals surface area contributed by atoms with Gasteiger partial charge in [-0.15, -0.1) is 0 Å². The van der Waals surface area contributed by atoms with Gasteiger partial charge in [-0.2, -0.15) is 4.98 Å². The van der Waals surface area contributed by atoms with Crippen molar-refractivity contribution in [2.24, 2.45) is 0 Å². The lowest BCUT2D eigenvalue weighted by molar-refractivity contribution is 0.240. The van der Waals surface area contributed by atoms with Gasteiger partial charge >= 0.3 is 0 Å². The molecule has 0 bridgehead atoms. The standard InChI is InChI=1S/C20H21FN4O2/c1-26-18-8-2-15(3-9-18)20-22-19(23-27-20)14-24-10-12-25(13-11-24)17-6-4-16(21)5-7-17/h2-9H,10-14H2,1H3. The Balaban J connectivity index is 1.34. The molecule has 6 nitrogen and oxygen atoms in total. The zero-order chi connectivity index (χ0) is 18.6. The Kier molecular flexibility index (Phi) is 5.02. The summed E-state index contributed by atoms with van der Waals surface area (Å²) in [6.07, 6.45) is 0. The molecule has 1 fully saturated rings. The Labute approximate surface area is 157 Å². The third-order valence-electron chi connectivity index (χ3n) is 4.73. The minimum atomic E-state index is -0.206. The lowest BCUT2D eigenvalue weighted by Crippen LogP contribution is -2.46. The highest BCUT2D eigenvalue weighted by Crippen LogP contribution is 2.22. The van der Waals surface area contributed by atoms with Crippen molar-refractivity contribution in [1.29, 1.82) is 0 Å². The SMILES string of the molecule is COc1ccc(-c2nc(CN3CCN(c4ccc(F)cc4)CC3)no2)cc1. The molecule has 0 atom stereocenters. The highest BCUT2D eigenvalue weighted by atomic mass is 19.1. The number of hydrogen-bond acceptors (Lipinski definition) is 6. The van der Waals surface area contributed by atoms with Crippen molar-refractivity contribution in [1.82, 2.24) is 15.0 Å². The zero-order valence-electron chi connectivity index (χ0n) is 15.1. The first-order chi connectivity index (χ1) is 13.2. The normalized spacial score (nSPS) is 15.1. The largest absolute Gasteiger partial charge is 0.497 e. The molecule has 0 amide bonds. The number of nitrogens with zero attached hydrogens (tertiary/aromatic N) is 4. The first-order valence-corrected chi connectivity index (χ1v) is 8.91. The molecule has 140 valence electrons. The molecule has 0 N–H and O–H groups in total.